The van der Waals surface area contributed by atoms with Crippen molar-refractivity contribution in [2.24, 2.45) is 0 Å². The lowest BCUT2D eigenvalue weighted by molar-refractivity contribution is -0.131. The van der Waals surface area contributed by atoms with Gasteiger partial charge in [-0.2, -0.15) is 11.8 Å². The number of hydrogen-bond acceptors (Lipinski definition) is 3. The van der Waals surface area contributed by atoms with Gasteiger partial charge in [0.15, 0.2) is 0 Å². The van der Waals surface area contributed by atoms with E-state index in [4.69, 9.17) is 5.11 Å². The highest BCUT2D eigenvalue weighted by atomic mass is 79.9. The third-order valence-electron chi connectivity index (χ3n) is 2.87. The maximum atomic E-state index is 10.5. The van der Waals surface area contributed by atoms with Gasteiger partial charge in [0.25, 0.3) is 0 Å². The van der Waals surface area contributed by atoms with Gasteiger partial charge in [-0.15, -0.1) is 0 Å². The van der Waals surface area contributed by atoms with Crippen LogP contribution < -0.4 is 4.90 Å². The number of rotatable bonds is 6. The number of nitrogens with zero attached hydrogens (tertiary/aromatic N) is 1. The van der Waals surface area contributed by atoms with Gasteiger partial charge < -0.3 is 10.0 Å². The van der Waals surface area contributed by atoms with Crippen LogP contribution in [0.2, 0.25) is 0 Å². The van der Waals surface area contributed by atoms with Crippen LogP contribution in [-0.2, 0) is 4.79 Å². The number of aliphatic carboxylic acids is 1. The molecule has 0 aliphatic heterocycles. The van der Waals surface area contributed by atoms with Gasteiger partial charge in [0.1, 0.15) is 0 Å². The molecule has 0 aliphatic rings. The Bertz CT molecular complexity index is 477. The fourth-order valence-electron chi connectivity index (χ4n) is 1.64. The van der Waals surface area contributed by atoms with Crippen molar-refractivity contribution in [1.29, 1.82) is 0 Å². The lowest BCUT2D eigenvalue weighted by atomic mass is 10.1. The summed E-state index contributed by atoms with van der Waals surface area (Å²) in [4.78, 5) is 12.7. The Kier molecular flexibility index (Phi) is 6.45. The number of benzene rings is 1. The van der Waals surface area contributed by atoms with E-state index in [0.717, 1.165) is 27.6 Å². The molecule has 3 nitrogen and oxygen atoms in total. The summed E-state index contributed by atoms with van der Waals surface area (Å²) in [5.74, 6) is 0.121. The third kappa shape index (κ3) is 4.91. The van der Waals surface area contributed by atoms with Crippen LogP contribution in [0, 0.1) is 0 Å². The standard InChI is InChI=1S/C14H18BrNO2S/c1-10(9-19-3)16(2)12-6-4-11(13(15)8-12)5-7-14(17)18/h4-8,10H,9H2,1-3H3,(H,17,18)/b7-5+. The van der Waals surface area contributed by atoms with Crippen molar-refractivity contribution in [2.45, 2.75) is 13.0 Å². The minimum Gasteiger partial charge on any atom is -0.478 e. The van der Waals surface area contributed by atoms with E-state index in [1.54, 1.807) is 6.08 Å². The smallest absolute Gasteiger partial charge is 0.328 e. The van der Waals surface area contributed by atoms with E-state index < -0.39 is 5.97 Å². The Morgan fingerprint density at radius 3 is 2.79 bits per heavy atom. The molecule has 1 aromatic rings. The van der Waals surface area contributed by atoms with Gasteiger partial charge >= 0.3 is 5.97 Å². The molecule has 104 valence electrons. The molecular formula is C14H18BrNO2S. The molecule has 0 radical (unpaired) electrons. The van der Waals surface area contributed by atoms with Crippen molar-refractivity contribution in [3.05, 3.63) is 34.3 Å². The average molecular weight is 344 g/mol. The summed E-state index contributed by atoms with van der Waals surface area (Å²) in [7, 11) is 2.06. The van der Waals surface area contributed by atoms with Crippen LogP contribution in [0.25, 0.3) is 6.08 Å². The Hall–Kier alpha value is -0.940. The largest absolute Gasteiger partial charge is 0.478 e. The van der Waals surface area contributed by atoms with Crippen molar-refractivity contribution in [3.8, 4) is 0 Å². The summed E-state index contributed by atoms with van der Waals surface area (Å²) in [6.45, 7) is 2.18. The number of hydrogen-bond donors (Lipinski definition) is 1. The molecule has 0 aromatic heterocycles. The van der Waals surface area contributed by atoms with Crippen LogP contribution in [-0.4, -0.2) is 36.2 Å². The molecule has 5 heteroatoms. The minimum absolute atomic E-state index is 0.447. The zero-order chi connectivity index (χ0) is 14.4. The lowest BCUT2D eigenvalue weighted by Gasteiger charge is -2.27. The summed E-state index contributed by atoms with van der Waals surface area (Å²) < 4.78 is 0.894. The van der Waals surface area contributed by atoms with Crippen LogP contribution in [0.15, 0.2) is 28.7 Å². The minimum atomic E-state index is -0.943. The lowest BCUT2D eigenvalue weighted by Crippen LogP contribution is -2.30. The SMILES string of the molecule is CSCC(C)N(C)c1ccc(/C=C/C(=O)O)c(Br)c1. The summed E-state index contributed by atoms with van der Waals surface area (Å²) in [5, 5.41) is 8.63. The van der Waals surface area contributed by atoms with Gasteiger partial charge in [-0.1, -0.05) is 22.0 Å². The maximum Gasteiger partial charge on any atom is 0.328 e. The first-order valence-electron chi connectivity index (χ1n) is 5.88. The average Bonchev–Trinajstić information content (AvgIpc) is 2.36. The molecule has 0 spiro atoms. The van der Waals surface area contributed by atoms with E-state index >= 15 is 0 Å². The molecule has 0 aliphatic carbocycles. The number of halogens is 1. The maximum absolute atomic E-state index is 10.5. The summed E-state index contributed by atoms with van der Waals surface area (Å²) in [6, 6.07) is 6.38. The second-order valence-electron chi connectivity index (χ2n) is 4.29. The van der Waals surface area contributed by atoms with E-state index in [0.29, 0.717) is 6.04 Å². The second-order valence-corrected chi connectivity index (χ2v) is 6.06. The quantitative estimate of drug-likeness (QED) is 0.799. The van der Waals surface area contributed by atoms with Crippen LogP contribution in [0.5, 0.6) is 0 Å². The predicted molar refractivity (Wildman–Crippen MR) is 87.1 cm³/mol. The molecule has 0 saturated carbocycles. The molecule has 0 heterocycles. The van der Waals surface area contributed by atoms with E-state index in [9.17, 15) is 4.79 Å². The van der Waals surface area contributed by atoms with Crippen molar-refractivity contribution < 1.29 is 9.90 Å². The first-order valence-corrected chi connectivity index (χ1v) is 8.06. The van der Waals surface area contributed by atoms with Gasteiger partial charge in [0, 0.05) is 35.1 Å². The topological polar surface area (TPSA) is 40.5 Å². The van der Waals surface area contributed by atoms with Gasteiger partial charge in [-0.25, -0.2) is 4.79 Å². The molecule has 1 rings (SSSR count). The van der Waals surface area contributed by atoms with Crippen molar-refractivity contribution in [2.75, 3.05) is 24.0 Å². The van der Waals surface area contributed by atoms with E-state index in [-0.39, 0.29) is 0 Å². The Morgan fingerprint density at radius 1 is 1.58 bits per heavy atom. The Morgan fingerprint density at radius 2 is 2.26 bits per heavy atom. The predicted octanol–water partition coefficient (Wildman–Crippen LogP) is 3.73. The van der Waals surface area contributed by atoms with Gasteiger partial charge in [0.2, 0.25) is 0 Å². The van der Waals surface area contributed by atoms with Crippen molar-refractivity contribution in [3.63, 3.8) is 0 Å². The van der Waals surface area contributed by atoms with Crippen molar-refractivity contribution >= 4 is 45.4 Å². The molecule has 0 fully saturated rings. The molecule has 1 atom stereocenters. The number of carboxylic acids is 1. The van der Waals surface area contributed by atoms with E-state index in [1.165, 1.54) is 0 Å². The first kappa shape index (κ1) is 16.1. The fourth-order valence-corrected chi connectivity index (χ4v) is 2.84. The Labute approximate surface area is 126 Å². The normalized spacial score (nSPS) is 12.6. The third-order valence-corrected chi connectivity index (χ3v) is 4.37. The monoisotopic (exact) mass is 343 g/mol. The number of carbonyl (C=O) groups is 1. The van der Waals surface area contributed by atoms with Crippen LogP contribution >= 0.6 is 27.7 Å². The highest BCUT2D eigenvalue weighted by Gasteiger charge is 2.10. The second kappa shape index (κ2) is 7.60. The molecule has 1 unspecified atom stereocenters. The highest BCUT2D eigenvalue weighted by Crippen LogP contribution is 2.26. The first-order chi connectivity index (χ1) is 8.95. The molecule has 0 bridgehead atoms. The molecular weight excluding hydrogens is 326 g/mol. The zero-order valence-electron chi connectivity index (χ0n) is 11.3. The fraction of sp³-hybridized carbons (Fsp3) is 0.357. The highest BCUT2D eigenvalue weighted by molar-refractivity contribution is 9.10. The summed E-state index contributed by atoms with van der Waals surface area (Å²) in [6.07, 6.45) is 4.82. The van der Waals surface area contributed by atoms with Crippen LogP contribution in [0.1, 0.15) is 12.5 Å². The molecule has 1 N–H and O–H groups in total. The molecule has 19 heavy (non-hydrogen) atoms. The molecule has 0 amide bonds. The van der Waals surface area contributed by atoms with E-state index in [1.807, 2.05) is 30.0 Å². The van der Waals surface area contributed by atoms with E-state index in [2.05, 4.69) is 41.1 Å². The van der Waals surface area contributed by atoms with Crippen molar-refractivity contribution in [1.82, 2.24) is 0 Å². The molecule has 0 saturated heterocycles. The number of carboxylic acid groups (broad SMARTS) is 1. The number of thioether (sulfide) groups is 1. The Balaban J connectivity index is 2.90. The number of anilines is 1. The van der Waals surface area contributed by atoms with Crippen LogP contribution in [0.4, 0.5) is 5.69 Å². The zero-order valence-corrected chi connectivity index (χ0v) is 13.7. The molecule has 1 aromatic carbocycles. The van der Waals surface area contributed by atoms with Gasteiger partial charge in [-0.05, 0) is 37.0 Å². The van der Waals surface area contributed by atoms with Crippen LogP contribution in [0.3, 0.4) is 0 Å². The summed E-state index contributed by atoms with van der Waals surface area (Å²) in [5.41, 5.74) is 1.97. The van der Waals surface area contributed by atoms with Gasteiger partial charge in [-0.3, -0.25) is 0 Å². The summed E-state index contributed by atoms with van der Waals surface area (Å²) >= 11 is 5.30. The van der Waals surface area contributed by atoms with Gasteiger partial charge in [0.05, 0.1) is 0 Å².